The van der Waals surface area contributed by atoms with Crippen molar-refractivity contribution in [1.82, 2.24) is 19.6 Å². The van der Waals surface area contributed by atoms with E-state index < -0.39 is 5.97 Å². The lowest BCUT2D eigenvalue weighted by Crippen LogP contribution is -2.17. The van der Waals surface area contributed by atoms with Gasteiger partial charge in [0.25, 0.3) is 5.78 Å². The van der Waals surface area contributed by atoms with Gasteiger partial charge in [-0.05, 0) is 38.1 Å². The summed E-state index contributed by atoms with van der Waals surface area (Å²) in [6, 6.07) is 5.99. The number of anilines is 1. The Kier molecular flexibility index (Phi) is 3.95. The number of benzene rings is 1. The number of carboxylic acids is 1. The van der Waals surface area contributed by atoms with Gasteiger partial charge >= 0.3 is 5.97 Å². The first-order valence-electron chi connectivity index (χ1n) is 7.24. The van der Waals surface area contributed by atoms with Gasteiger partial charge in [0.15, 0.2) is 0 Å². The summed E-state index contributed by atoms with van der Waals surface area (Å²) >= 11 is 0. The van der Waals surface area contributed by atoms with Crippen LogP contribution in [0.3, 0.4) is 0 Å². The Morgan fingerprint density at radius 3 is 2.58 bits per heavy atom. The van der Waals surface area contributed by atoms with Crippen molar-refractivity contribution in [3.63, 3.8) is 0 Å². The van der Waals surface area contributed by atoms with E-state index in [1.54, 1.807) is 16.6 Å². The molecule has 0 saturated carbocycles. The van der Waals surface area contributed by atoms with E-state index in [0.717, 1.165) is 17.0 Å². The van der Waals surface area contributed by atoms with Crippen LogP contribution in [-0.2, 0) is 11.2 Å². The van der Waals surface area contributed by atoms with Crippen molar-refractivity contribution < 1.29 is 14.7 Å². The molecule has 0 aliphatic heterocycles. The number of carboxylic acid groups (broad SMARTS) is 1. The quantitative estimate of drug-likeness (QED) is 0.754. The molecule has 2 N–H and O–H groups in total. The minimum absolute atomic E-state index is 0.140. The van der Waals surface area contributed by atoms with Crippen LogP contribution in [0.15, 0.2) is 30.6 Å². The van der Waals surface area contributed by atoms with E-state index in [1.165, 1.54) is 18.5 Å². The van der Waals surface area contributed by atoms with Crippen molar-refractivity contribution in [3.05, 3.63) is 53.1 Å². The minimum Gasteiger partial charge on any atom is -0.478 e. The number of nitrogens with zero attached hydrogens (tertiary/aromatic N) is 4. The van der Waals surface area contributed by atoms with E-state index in [9.17, 15) is 9.59 Å². The monoisotopic (exact) mass is 325 g/mol. The summed E-state index contributed by atoms with van der Waals surface area (Å²) in [5.41, 5.74) is 3.03. The molecule has 24 heavy (non-hydrogen) atoms. The number of hydrogen-bond donors (Lipinski definition) is 2. The fraction of sp³-hybridized carbons (Fsp3) is 0.188. The van der Waals surface area contributed by atoms with Crippen LogP contribution in [0.2, 0.25) is 0 Å². The van der Waals surface area contributed by atoms with Crippen LogP contribution < -0.4 is 5.32 Å². The van der Waals surface area contributed by atoms with Crippen LogP contribution in [0, 0.1) is 13.8 Å². The molecule has 2 heterocycles. The van der Waals surface area contributed by atoms with Crippen LogP contribution in [0.1, 0.15) is 27.3 Å². The molecule has 0 fully saturated rings. The molecule has 3 rings (SSSR count). The first-order valence-corrected chi connectivity index (χ1v) is 7.24. The topological polar surface area (TPSA) is 109 Å². The Labute approximate surface area is 137 Å². The fourth-order valence-electron chi connectivity index (χ4n) is 2.47. The van der Waals surface area contributed by atoms with Gasteiger partial charge < -0.3 is 10.4 Å². The molecule has 0 spiro atoms. The normalized spacial score (nSPS) is 10.8. The van der Waals surface area contributed by atoms with E-state index in [4.69, 9.17) is 5.11 Å². The lowest BCUT2D eigenvalue weighted by atomic mass is 10.1. The van der Waals surface area contributed by atoms with Gasteiger partial charge in [0.05, 0.1) is 12.0 Å². The van der Waals surface area contributed by atoms with Crippen LogP contribution in [0.5, 0.6) is 0 Å². The highest BCUT2D eigenvalue weighted by Gasteiger charge is 2.14. The third-order valence-electron chi connectivity index (χ3n) is 3.74. The second-order valence-electron chi connectivity index (χ2n) is 5.34. The molecule has 0 atom stereocenters. The maximum atomic E-state index is 12.3. The van der Waals surface area contributed by atoms with Crippen LogP contribution in [-0.4, -0.2) is 36.6 Å². The number of aryl methyl sites for hydroxylation is 2. The van der Waals surface area contributed by atoms with Crippen molar-refractivity contribution in [1.29, 1.82) is 0 Å². The molecule has 2 aromatic heterocycles. The summed E-state index contributed by atoms with van der Waals surface area (Å²) in [6.07, 6.45) is 1.56. The van der Waals surface area contributed by atoms with Gasteiger partial charge in [-0.15, -0.1) is 0 Å². The Morgan fingerprint density at radius 1 is 1.21 bits per heavy atom. The van der Waals surface area contributed by atoms with Gasteiger partial charge in [0.1, 0.15) is 6.33 Å². The molecule has 0 aliphatic rings. The van der Waals surface area contributed by atoms with Crippen molar-refractivity contribution in [2.75, 3.05) is 5.32 Å². The molecular formula is C16H15N5O3. The van der Waals surface area contributed by atoms with Crippen LogP contribution >= 0.6 is 0 Å². The fourth-order valence-corrected chi connectivity index (χ4v) is 2.47. The smallest absolute Gasteiger partial charge is 0.335 e. The zero-order chi connectivity index (χ0) is 17.3. The Hall–Kier alpha value is -3.29. The largest absolute Gasteiger partial charge is 0.478 e. The predicted octanol–water partition coefficient (Wildman–Crippen LogP) is 1.62. The summed E-state index contributed by atoms with van der Waals surface area (Å²) in [5, 5.41) is 15.7. The molecule has 0 radical (unpaired) electrons. The van der Waals surface area contributed by atoms with Crippen molar-refractivity contribution in [2.45, 2.75) is 20.3 Å². The first kappa shape index (κ1) is 15.6. The Morgan fingerprint density at radius 2 is 1.92 bits per heavy atom. The Balaban J connectivity index is 1.78. The summed E-state index contributed by atoms with van der Waals surface area (Å²) < 4.78 is 1.59. The van der Waals surface area contributed by atoms with E-state index in [0.29, 0.717) is 11.5 Å². The number of carbonyl (C=O) groups is 2. The van der Waals surface area contributed by atoms with Gasteiger partial charge in [-0.2, -0.15) is 10.1 Å². The van der Waals surface area contributed by atoms with Gasteiger partial charge in [0.2, 0.25) is 5.91 Å². The molecule has 0 bridgehead atoms. The summed E-state index contributed by atoms with van der Waals surface area (Å²) in [4.78, 5) is 31.5. The number of rotatable bonds is 4. The molecular weight excluding hydrogens is 310 g/mol. The minimum atomic E-state index is -1.01. The van der Waals surface area contributed by atoms with Crippen molar-refractivity contribution in [2.24, 2.45) is 0 Å². The van der Waals surface area contributed by atoms with E-state index in [-0.39, 0.29) is 17.9 Å². The third-order valence-corrected chi connectivity index (χ3v) is 3.74. The van der Waals surface area contributed by atoms with Gasteiger partial charge in [-0.1, -0.05) is 0 Å². The number of amides is 1. The van der Waals surface area contributed by atoms with Crippen LogP contribution in [0.4, 0.5) is 5.69 Å². The SMILES string of the molecule is Cc1nc2ncnn2c(C)c1CC(=O)Nc1ccc(C(=O)O)cc1. The second-order valence-corrected chi connectivity index (χ2v) is 5.34. The lowest BCUT2D eigenvalue weighted by molar-refractivity contribution is -0.115. The number of aromatic carboxylic acids is 1. The van der Waals surface area contributed by atoms with Gasteiger partial charge in [-0.3, -0.25) is 4.79 Å². The number of fused-ring (bicyclic) bond motifs is 1. The molecule has 8 heteroatoms. The summed E-state index contributed by atoms with van der Waals surface area (Å²) in [7, 11) is 0. The zero-order valence-electron chi connectivity index (χ0n) is 13.1. The van der Waals surface area contributed by atoms with E-state index in [1.807, 2.05) is 13.8 Å². The standard InChI is InChI=1S/C16H15N5O3/c1-9-13(10(2)21-16(19-9)17-8-18-21)7-14(22)20-12-5-3-11(4-6-12)15(23)24/h3-6,8H,7H2,1-2H3,(H,20,22)(H,23,24). The molecule has 8 nitrogen and oxygen atoms in total. The average molecular weight is 325 g/mol. The van der Waals surface area contributed by atoms with Crippen LogP contribution in [0.25, 0.3) is 5.78 Å². The maximum Gasteiger partial charge on any atom is 0.335 e. The maximum absolute atomic E-state index is 12.3. The van der Waals surface area contributed by atoms with E-state index >= 15 is 0 Å². The molecule has 1 amide bonds. The lowest BCUT2D eigenvalue weighted by Gasteiger charge is -2.11. The second kappa shape index (κ2) is 6.07. The number of carbonyl (C=O) groups excluding carboxylic acids is 1. The Bertz CT molecular complexity index is 931. The molecule has 1 aromatic carbocycles. The highest BCUT2D eigenvalue weighted by Crippen LogP contribution is 2.15. The third kappa shape index (κ3) is 2.94. The average Bonchev–Trinajstić information content (AvgIpc) is 3.00. The summed E-state index contributed by atoms with van der Waals surface area (Å²) in [6.45, 7) is 3.69. The van der Waals surface area contributed by atoms with Crippen molar-refractivity contribution >= 4 is 23.3 Å². The molecule has 0 unspecified atom stereocenters. The predicted molar refractivity (Wildman–Crippen MR) is 86.0 cm³/mol. The first-order chi connectivity index (χ1) is 11.5. The zero-order valence-corrected chi connectivity index (χ0v) is 13.1. The highest BCUT2D eigenvalue weighted by molar-refractivity contribution is 5.93. The van der Waals surface area contributed by atoms with Crippen molar-refractivity contribution in [3.8, 4) is 0 Å². The number of hydrogen-bond acceptors (Lipinski definition) is 5. The van der Waals surface area contributed by atoms with Gasteiger partial charge in [0, 0.05) is 22.6 Å². The number of nitrogens with one attached hydrogen (secondary N) is 1. The van der Waals surface area contributed by atoms with Gasteiger partial charge in [-0.25, -0.2) is 14.3 Å². The molecule has 122 valence electrons. The molecule has 3 aromatic rings. The summed E-state index contributed by atoms with van der Waals surface area (Å²) in [5.74, 6) is -0.727. The highest BCUT2D eigenvalue weighted by atomic mass is 16.4. The molecule has 0 aliphatic carbocycles. The molecule has 0 saturated heterocycles. The van der Waals surface area contributed by atoms with E-state index in [2.05, 4.69) is 20.4 Å². The number of aromatic nitrogens is 4.